The summed E-state index contributed by atoms with van der Waals surface area (Å²) < 4.78 is 5.23. The summed E-state index contributed by atoms with van der Waals surface area (Å²) in [6, 6.07) is 0.704. The van der Waals surface area contributed by atoms with Crippen LogP contribution in [-0.2, 0) is 9.53 Å². The van der Waals surface area contributed by atoms with Crippen molar-refractivity contribution in [3.63, 3.8) is 0 Å². The van der Waals surface area contributed by atoms with Crippen molar-refractivity contribution in [3.8, 4) is 0 Å². The van der Waals surface area contributed by atoms with E-state index in [9.17, 15) is 4.79 Å². The highest BCUT2D eigenvalue weighted by Crippen LogP contribution is 2.27. The van der Waals surface area contributed by atoms with Crippen molar-refractivity contribution >= 4 is 5.91 Å². The smallest absolute Gasteiger partial charge is 0.247 e. The molecule has 1 unspecified atom stereocenters. The molecule has 0 aromatic carbocycles. The zero-order chi connectivity index (χ0) is 8.55. The lowest BCUT2D eigenvalue weighted by Crippen LogP contribution is -2.49. The van der Waals surface area contributed by atoms with Crippen molar-refractivity contribution in [1.82, 2.24) is 4.90 Å². The van der Waals surface area contributed by atoms with Crippen LogP contribution in [0.15, 0.2) is 0 Å². The molecule has 2 N–H and O–H groups in total. The Morgan fingerprint density at radius 1 is 1.50 bits per heavy atom. The molecule has 1 saturated carbocycles. The Hall–Kier alpha value is -0.610. The Morgan fingerprint density at radius 2 is 2.25 bits per heavy atom. The summed E-state index contributed by atoms with van der Waals surface area (Å²) in [5.74, 6) is -0.333. The molecule has 0 aromatic rings. The maximum Gasteiger partial charge on any atom is 0.247 e. The number of rotatable bonds is 2. The normalized spacial score (nSPS) is 31.8. The molecule has 0 bridgehead atoms. The van der Waals surface area contributed by atoms with Gasteiger partial charge in [-0.1, -0.05) is 0 Å². The number of carbonyl (C=O) groups is 1. The quantitative estimate of drug-likeness (QED) is 0.598. The second-order valence-corrected chi connectivity index (χ2v) is 3.49. The van der Waals surface area contributed by atoms with Gasteiger partial charge in [-0.2, -0.15) is 0 Å². The molecular weight excluding hydrogens is 156 g/mol. The van der Waals surface area contributed by atoms with E-state index in [-0.39, 0.29) is 12.0 Å². The molecule has 2 aliphatic rings. The van der Waals surface area contributed by atoms with Crippen molar-refractivity contribution < 1.29 is 9.53 Å². The molecule has 0 aromatic heterocycles. The predicted octanol–water partition coefficient (Wildman–Crippen LogP) is -0.665. The summed E-state index contributed by atoms with van der Waals surface area (Å²) in [6.45, 7) is 2.29. The molecule has 68 valence electrons. The second kappa shape index (κ2) is 3.03. The first-order chi connectivity index (χ1) is 5.77. The first-order valence-corrected chi connectivity index (χ1v) is 4.42. The van der Waals surface area contributed by atoms with E-state index in [1.165, 1.54) is 12.8 Å². The Bertz CT molecular complexity index is 191. The van der Waals surface area contributed by atoms with Gasteiger partial charge in [-0.3, -0.25) is 9.69 Å². The van der Waals surface area contributed by atoms with Crippen LogP contribution in [0.3, 0.4) is 0 Å². The summed E-state index contributed by atoms with van der Waals surface area (Å²) in [5.41, 5.74) is 5.16. The molecule has 1 amide bonds. The van der Waals surface area contributed by atoms with E-state index < -0.39 is 0 Å². The highest BCUT2D eigenvalue weighted by Gasteiger charge is 2.34. The molecule has 0 radical (unpaired) electrons. The van der Waals surface area contributed by atoms with Gasteiger partial charge in [0, 0.05) is 19.1 Å². The van der Waals surface area contributed by atoms with Gasteiger partial charge >= 0.3 is 0 Å². The fourth-order valence-electron chi connectivity index (χ4n) is 1.61. The largest absolute Gasteiger partial charge is 0.367 e. The lowest BCUT2D eigenvalue weighted by molar-refractivity contribution is -0.135. The Balaban J connectivity index is 1.89. The van der Waals surface area contributed by atoms with Gasteiger partial charge in [0.1, 0.15) is 6.10 Å². The van der Waals surface area contributed by atoms with E-state index in [1.54, 1.807) is 0 Å². The van der Waals surface area contributed by atoms with E-state index in [0.29, 0.717) is 19.2 Å². The first kappa shape index (κ1) is 8.01. The van der Waals surface area contributed by atoms with Crippen LogP contribution in [-0.4, -0.2) is 42.6 Å². The molecule has 4 nitrogen and oxygen atoms in total. The van der Waals surface area contributed by atoms with Gasteiger partial charge in [0.15, 0.2) is 0 Å². The van der Waals surface area contributed by atoms with Gasteiger partial charge < -0.3 is 10.5 Å². The van der Waals surface area contributed by atoms with E-state index in [1.807, 2.05) is 0 Å². The standard InChI is InChI=1S/C8H14N2O2/c9-8(11)7-5-10(3-4-12-7)6-1-2-6/h6-7H,1-5H2,(H2,9,11). The summed E-state index contributed by atoms with van der Waals surface area (Å²) in [4.78, 5) is 13.1. The van der Waals surface area contributed by atoms with Crippen LogP contribution in [0.1, 0.15) is 12.8 Å². The number of primary amides is 1. The molecule has 1 heterocycles. The number of hydrogen-bond acceptors (Lipinski definition) is 3. The summed E-state index contributed by atoms with van der Waals surface area (Å²) >= 11 is 0. The summed E-state index contributed by atoms with van der Waals surface area (Å²) in [5, 5.41) is 0. The third kappa shape index (κ3) is 1.59. The minimum atomic E-state index is -0.376. The lowest BCUT2D eigenvalue weighted by atomic mass is 10.2. The van der Waals surface area contributed by atoms with Crippen molar-refractivity contribution in [2.45, 2.75) is 25.0 Å². The second-order valence-electron chi connectivity index (χ2n) is 3.49. The number of hydrogen-bond donors (Lipinski definition) is 1. The van der Waals surface area contributed by atoms with E-state index in [4.69, 9.17) is 10.5 Å². The summed E-state index contributed by atoms with van der Waals surface area (Å²) in [6.07, 6.45) is 2.16. The number of nitrogens with zero attached hydrogens (tertiary/aromatic N) is 1. The number of carbonyl (C=O) groups excluding carboxylic acids is 1. The maximum absolute atomic E-state index is 10.8. The molecule has 1 saturated heterocycles. The molecular formula is C8H14N2O2. The van der Waals surface area contributed by atoms with Crippen molar-refractivity contribution in [3.05, 3.63) is 0 Å². The molecule has 1 aliphatic heterocycles. The highest BCUT2D eigenvalue weighted by atomic mass is 16.5. The van der Waals surface area contributed by atoms with Crippen LogP contribution in [0.2, 0.25) is 0 Å². The molecule has 12 heavy (non-hydrogen) atoms. The van der Waals surface area contributed by atoms with Gasteiger partial charge in [0.25, 0.3) is 0 Å². The van der Waals surface area contributed by atoms with Crippen LogP contribution in [0.5, 0.6) is 0 Å². The van der Waals surface area contributed by atoms with Gasteiger partial charge in [0.05, 0.1) is 6.61 Å². The van der Waals surface area contributed by atoms with E-state index in [2.05, 4.69) is 4.90 Å². The van der Waals surface area contributed by atoms with Crippen LogP contribution in [0, 0.1) is 0 Å². The number of nitrogens with two attached hydrogens (primary N) is 1. The Morgan fingerprint density at radius 3 is 2.83 bits per heavy atom. The van der Waals surface area contributed by atoms with Gasteiger partial charge in [-0.05, 0) is 12.8 Å². The van der Waals surface area contributed by atoms with E-state index in [0.717, 1.165) is 6.54 Å². The molecule has 2 fully saturated rings. The Labute approximate surface area is 71.7 Å². The average Bonchev–Trinajstić information content (AvgIpc) is 2.87. The van der Waals surface area contributed by atoms with E-state index >= 15 is 0 Å². The average molecular weight is 170 g/mol. The zero-order valence-corrected chi connectivity index (χ0v) is 7.03. The van der Waals surface area contributed by atoms with Crippen LogP contribution < -0.4 is 5.73 Å². The van der Waals surface area contributed by atoms with Crippen LogP contribution in [0.4, 0.5) is 0 Å². The van der Waals surface area contributed by atoms with Crippen LogP contribution >= 0.6 is 0 Å². The highest BCUT2D eigenvalue weighted by molar-refractivity contribution is 5.79. The zero-order valence-electron chi connectivity index (χ0n) is 7.03. The third-order valence-corrected chi connectivity index (χ3v) is 2.48. The SMILES string of the molecule is NC(=O)C1CN(C2CC2)CCO1. The molecule has 1 atom stereocenters. The lowest BCUT2D eigenvalue weighted by Gasteiger charge is -2.31. The predicted molar refractivity (Wildman–Crippen MR) is 43.5 cm³/mol. The minimum absolute atomic E-state index is 0.333. The van der Waals surface area contributed by atoms with Gasteiger partial charge in [0.2, 0.25) is 5.91 Å². The minimum Gasteiger partial charge on any atom is -0.367 e. The number of ether oxygens (including phenoxy) is 1. The topological polar surface area (TPSA) is 55.6 Å². The first-order valence-electron chi connectivity index (χ1n) is 4.42. The maximum atomic E-state index is 10.8. The van der Waals surface area contributed by atoms with Crippen molar-refractivity contribution in [2.75, 3.05) is 19.7 Å². The fourth-order valence-corrected chi connectivity index (χ4v) is 1.61. The van der Waals surface area contributed by atoms with Gasteiger partial charge in [-0.15, -0.1) is 0 Å². The monoisotopic (exact) mass is 170 g/mol. The van der Waals surface area contributed by atoms with Crippen molar-refractivity contribution in [1.29, 1.82) is 0 Å². The van der Waals surface area contributed by atoms with Crippen LogP contribution in [0.25, 0.3) is 0 Å². The molecule has 1 aliphatic carbocycles. The molecule has 2 rings (SSSR count). The Kier molecular flexibility index (Phi) is 2.02. The molecule has 0 spiro atoms. The van der Waals surface area contributed by atoms with Crippen molar-refractivity contribution in [2.24, 2.45) is 5.73 Å². The molecule has 4 heteroatoms. The number of morpholine rings is 1. The van der Waals surface area contributed by atoms with Gasteiger partial charge in [-0.25, -0.2) is 0 Å². The number of amides is 1. The third-order valence-electron chi connectivity index (χ3n) is 2.48. The fraction of sp³-hybridized carbons (Fsp3) is 0.875. The summed E-state index contributed by atoms with van der Waals surface area (Å²) in [7, 11) is 0.